The van der Waals surface area contributed by atoms with Crippen LogP contribution in [0, 0.1) is 11.7 Å². The number of halogens is 1. The largest absolute Gasteiger partial charge is 0.388 e. The van der Waals surface area contributed by atoms with Crippen molar-refractivity contribution in [2.24, 2.45) is 5.92 Å². The van der Waals surface area contributed by atoms with Crippen molar-refractivity contribution in [1.29, 1.82) is 0 Å². The van der Waals surface area contributed by atoms with E-state index < -0.39 is 6.10 Å². The summed E-state index contributed by atoms with van der Waals surface area (Å²) in [4.78, 5) is 0.936. The molecule has 0 bridgehead atoms. The molecule has 0 radical (unpaired) electrons. The topological polar surface area (TPSA) is 20.2 Å². The van der Waals surface area contributed by atoms with Gasteiger partial charge in [0.15, 0.2) is 0 Å². The Labute approximate surface area is 105 Å². The first kappa shape index (κ1) is 12.5. The van der Waals surface area contributed by atoms with Crippen molar-refractivity contribution >= 4 is 21.4 Å². The molecule has 2 unspecified atom stereocenters. The Hall–Kier alpha value is -0.930. The molecule has 0 spiro atoms. The van der Waals surface area contributed by atoms with Gasteiger partial charge >= 0.3 is 0 Å². The highest BCUT2D eigenvalue weighted by Crippen LogP contribution is 2.33. The fourth-order valence-corrected chi connectivity index (χ4v) is 2.94. The number of thiophene rings is 1. The number of fused-ring (bicyclic) bond motifs is 1. The van der Waals surface area contributed by atoms with Gasteiger partial charge in [0.2, 0.25) is 0 Å². The van der Waals surface area contributed by atoms with E-state index in [-0.39, 0.29) is 5.82 Å². The standard InChI is InChI=1S/C14H17FOS/c1-3-9(2)6-12(16)14-7-10-4-5-11(15)8-13(10)17-14/h4-5,7-9,12,16H,3,6H2,1-2H3. The van der Waals surface area contributed by atoms with E-state index in [1.54, 1.807) is 6.07 Å². The minimum Gasteiger partial charge on any atom is -0.388 e. The Bertz CT molecular complexity index is 506. The highest BCUT2D eigenvalue weighted by molar-refractivity contribution is 7.19. The van der Waals surface area contributed by atoms with Crippen LogP contribution in [-0.4, -0.2) is 5.11 Å². The van der Waals surface area contributed by atoms with Crippen LogP contribution < -0.4 is 0 Å². The monoisotopic (exact) mass is 252 g/mol. The number of rotatable bonds is 4. The molecule has 0 aliphatic rings. The number of hydrogen-bond donors (Lipinski definition) is 1. The summed E-state index contributed by atoms with van der Waals surface area (Å²) in [6.45, 7) is 4.26. The number of aliphatic hydroxyl groups excluding tert-OH is 1. The number of hydrogen-bond acceptors (Lipinski definition) is 2. The number of benzene rings is 1. The van der Waals surface area contributed by atoms with Gasteiger partial charge in [0, 0.05) is 9.58 Å². The van der Waals surface area contributed by atoms with E-state index in [0.717, 1.165) is 27.8 Å². The molecule has 1 N–H and O–H groups in total. The normalized spacial score (nSPS) is 15.1. The summed E-state index contributed by atoms with van der Waals surface area (Å²) < 4.78 is 14.0. The van der Waals surface area contributed by atoms with Crippen molar-refractivity contribution in [3.63, 3.8) is 0 Å². The smallest absolute Gasteiger partial charge is 0.124 e. The van der Waals surface area contributed by atoms with Gasteiger partial charge in [-0.2, -0.15) is 0 Å². The molecule has 1 nitrogen and oxygen atoms in total. The molecule has 0 fully saturated rings. The molecule has 17 heavy (non-hydrogen) atoms. The Balaban J connectivity index is 2.24. The Morgan fingerprint density at radius 3 is 2.82 bits per heavy atom. The van der Waals surface area contributed by atoms with Crippen molar-refractivity contribution in [2.75, 3.05) is 0 Å². The quantitative estimate of drug-likeness (QED) is 0.848. The van der Waals surface area contributed by atoms with Crippen LogP contribution in [0.5, 0.6) is 0 Å². The van der Waals surface area contributed by atoms with Crippen LogP contribution in [0.25, 0.3) is 10.1 Å². The van der Waals surface area contributed by atoms with Crippen molar-refractivity contribution in [2.45, 2.75) is 32.8 Å². The first-order valence-corrected chi connectivity index (χ1v) is 6.79. The second-order valence-electron chi connectivity index (χ2n) is 4.60. The Kier molecular flexibility index (Phi) is 3.79. The number of aliphatic hydroxyl groups is 1. The van der Waals surface area contributed by atoms with Crippen LogP contribution in [-0.2, 0) is 0 Å². The molecule has 0 aliphatic carbocycles. The molecule has 0 saturated carbocycles. The van der Waals surface area contributed by atoms with Gasteiger partial charge in [0.1, 0.15) is 5.82 Å². The van der Waals surface area contributed by atoms with Gasteiger partial charge in [-0.15, -0.1) is 11.3 Å². The second kappa shape index (κ2) is 5.15. The van der Waals surface area contributed by atoms with Gasteiger partial charge in [0.25, 0.3) is 0 Å². The zero-order valence-electron chi connectivity index (χ0n) is 10.1. The summed E-state index contributed by atoms with van der Waals surface area (Å²) in [6, 6.07) is 6.71. The third-order valence-corrected chi connectivity index (χ3v) is 4.35. The summed E-state index contributed by atoms with van der Waals surface area (Å²) in [5, 5.41) is 11.1. The fourth-order valence-electron chi connectivity index (χ4n) is 1.85. The SMILES string of the molecule is CCC(C)CC(O)c1cc2ccc(F)cc2s1. The maximum absolute atomic E-state index is 13.1. The van der Waals surface area contributed by atoms with E-state index in [4.69, 9.17) is 0 Å². The highest BCUT2D eigenvalue weighted by Gasteiger charge is 2.14. The van der Waals surface area contributed by atoms with Crippen LogP contribution in [0.1, 0.15) is 37.7 Å². The lowest BCUT2D eigenvalue weighted by Crippen LogP contribution is -2.01. The lowest BCUT2D eigenvalue weighted by atomic mass is 10.0. The summed E-state index contributed by atoms with van der Waals surface area (Å²) in [5.74, 6) is 0.286. The predicted octanol–water partition coefficient (Wildman–Crippen LogP) is 4.51. The van der Waals surface area contributed by atoms with Crippen LogP contribution in [0.3, 0.4) is 0 Å². The van der Waals surface area contributed by atoms with Crippen molar-refractivity contribution in [1.82, 2.24) is 0 Å². The lowest BCUT2D eigenvalue weighted by Gasteiger charge is -2.12. The first-order chi connectivity index (χ1) is 8.10. The van der Waals surface area contributed by atoms with Gasteiger partial charge in [-0.05, 0) is 35.9 Å². The van der Waals surface area contributed by atoms with E-state index >= 15 is 0 Å². The summed E-state index contributed by atoms with van der Waals surface area (Å²) in [5.41, 5.74) is 0. The van der Waals surface area contributed by atoms with Crippen LogP contribution in [0.2, 0.25) is 0 Å². The molecule has 3 heteroatoms. The summed E-state index contributed by atoms with van der Waals surface area (Å²) in [7, 11) is 0. The van der Waals surface area contributed by atoms with E-state index in [1.807, 2.05) is 6.07 Å². The van der Waals surface area contributed by atoms with Gasteiger partial charge in [-0.3, -0.25) is 0 Å². The van der Waals surface area contributed by atoms with Gasteiger partial charge < -0.3 is 5.11 Å². The zero-order valence-corrected chi connectivity index (χ0v) is 10.9. The summed E-state index contributed by atoms with van der Waals surface area (Å²) >= 11 is 1.48. The zero-order chi connectivity index (χ0) is 12.4. The van der Waals surface area contributed by atoms with E-state index in [1.165, 1.54) is 23.5 Å². The molecule has 0 aliphatic heterocycles. The highest BCUT2D eigenvalue weighted by atomic mass is 32.1. The van der Waals surface area contributed by atoms with Crippen LogP contribution in [0.15, 0.2) is 24.3 Å². The third kappa shape index (κ3) is 2.85. The average molecular weight is 252 g/mol. The Morgan fingerprint density at radius 2 is 2.12 bits per heavy atom. The molecule has 2 rings (SSSR count). The molecule has 0 saturated heterocycles. The summed E-state index contributed by atoms with van der Waals surface area (Å²) in [6.07, 6.45) is 1.41. The molecule has 2 atom stereocenters. The molecule has 92 valence electrons. The molecular weight excluding hydrogens is 235 g/mol. The molecule has 0 amide bonds. The molecule has 2 aromatic rings. The van der Waals surface area contributed by atoms with Crippen molar-refractivity contribution in [3.8, 4) is 0 Å². The van der Waals surface area contributed by atoms with Crippen molar-refractivity contribution in [3.05, 3.63) is 35.0 Å². The maximum atomic E-state index is 13.1. The minimum absolute atomic E-state index is 0.220. The van der Waals surface area contributed by atoms with E-state index in [0.29, 0.717) is 5.92 Å². The second-order valence-corrected chi connectivity index (χ2v) is 5.71. The predicted molar refractivity (Wildman–Crippen MR) is 70.8 cm³/mol. The van der Waals surface area contributed by atoms with Crippen LogP contribution >= 0.6 is 11.3 Å². The molecule has 1 heterocycles. The minimum atomic E-state index is -0.426. The van der Waals surface area contributed by atoms with Gasteiger partial charge in [-0.25, -0.2) is 4.39 Å². The van der Waals surface area contributed by atoms with Crippen LogP contribution in [0.4, 0.5) is 4.39 Å². The maximum Gasteiger partial charge on any atom is 0.124 e. The third-order valence-electron chi connectivity index (χ3n) is 3.15. The average Bonchev–Trinajstić information content (AvgIpc) is 2.71. The van der Waals surface area contributed by atoms with Gasteiger partial charge in [-0.1, -0.05) is 26.3 Å². The lowest BCUT2D eigenvalue weighted by molar-refractivity contribution is 0.150. The van der Waals surface area contributed by atoms with E-state index in [9.17, 15) is 9.50 Å². The molecule has 1 aromatic heterocycles. The molecular formula is C14H17FOS. The fraction of sp³-hybridized carbons (Fsp3) is 0.429. The first-order valence-electron chi connectivity index (χ1n) is 5.97. The van der Waals surface area contributed by atoms with Gasteiger partial charge in [0.05, 0.1) is 6.10 Å². The Morgan fingerprint density at radius 1 is 1.35 bits per heavy atom. The van der Waals surface area contributed by atoms with Crippen molar-refractivity contribution < 1.29 is 9.50 Å². The molecule has 1 aromatic carbocycles. The van der Waals surface area contributed by atoms with E-state index in [2.05, 4.69) is 13.8 Å².